The first-order valence-corrected chi connectivity index (χ1v) is 5.78. The maximum atomic E-state index is 11.8. The van der Waals surface area contributed by atoms with Crippen LogP contribution in [0.2, 0.25) is 0 Å². The predicted octanol–water partition coefficient (Wildman–Crippen LogP) is 1.21. The van der Waals surface area contributed by atoms with E-state index < -0.39 is 0 Å². The summed E-state index contributed by atoms with van der Waals surface area (Å²) in [6, 6.07) is 0. The van der Waals surface area contributed by atoms with E-state index in [4.69, 9.17) is 0 Å². The molecule has 1 fully saturated rings. The average Bonchev–Trinajstić information content (AvgIpc) is 2.07. The summed E-state index contributed by atoms with van der Waals surface area (Å²) in [6.07, 6.45) is 1.72. The molecule has 0 aromatic rings. The summed E-state index contributed by atoms with van der Waals surface area (Å²) in [6.45, 7) is 8.63. The number of carbonyl (C=O) groups is 2. The van der Waals surface area contributed by atoms with Gasteiger partial charge in [-0.2, -0.15) is 0 Å². The van der Waals surface area contributed by atoms with Gasteiger partial charge in [-0.15, -0.1) is 0 Å². The van der Waals surface area contributed by atoms with E-state index in [-0.39, 0.29) is 22.8 Å². The monoisotopic (exact) mass is 226 g/mol. The molecule has 0 radical (unpaired) electrons. The molecule has 1 atom stereocenters. The lowest BCUT2D eigenvalue weighted by molar-refractivity contribution is -0.128. The first-order chi connectivity index (χ1) is 7.20. The van der Waals surface area contributed by atoms with Crippen molar-refractivity contribution >= 4 is 11.8 Å². The molecule has 92 valence electrons. The molecular formula is C12H22N2O2. The Hall–Kier alpha value is -1.06. The van der Waals surface area contributed by atoms with Gasteiger partial charge in [0, 0.05) is 19.4 Å². The number of amides is 2. The number of nitrogens with one attached hydrogen (secondary N) is 2. The van der Waals surface area contributed by atoms with Crippen molar-refractivity contribution in [3.8, 4) is 0 Å². The molecule has 0 aromatic heterocycles. The van der Waals surface area contributed by atoms with Crippen molar-refractivity contribution in [2.75, 3.05) is 6.54 Å². The van der Waals surface area contributed by atoms with E-state index in [0.29, 0.717) is 25.8 Å². The lowest BCUT2D eigenvalue weighted by Crippen LogP contribution is -2.57. The molecule has 0 spiro atoms. The molecule has 16 heavy (non-hydrogen) atoms. The lowest BCUT2D eigenvalue weighted by atomic mass is 9.89. The van der Waals surface area contributed by atoms with Crippen LogP contribution in [0.25, 0.3) is 0 Å². The fraction of sp³-hybridized carbons (Fsp3) is 0.833. The Morgan fingerprint density at radius 3 is 2.56 bits per heavy atom. The molecule has 2 N–H and O–H groups in total. The van der Waals surface area contributed by atoms with Crippen LogP contribution in [-0.4, -0.2) is 23.9 Å². The predicted molar refractivity (Wildman–Crippen MR) is 62.9 cm³/mol. The van der Waals surface area contributed by atoms with Gasteiger partial charge in [-0.3, -0.25) is 9.59 Å². The minimum Gasteiger partial charge on any atom is -0.354 e. The minimum absolute atomic E-state index is 0.00163. The zero-order chi connectivity index (χ0) is 12.4. The molecule has 4 heteroatoms. The third-order valence-electron chi connectivity index (χ3n) is 2.71. The van der Waals surface area contributed by atoms with E-state index in [1.165, 1.54) is 0 Å². The topological polar surface area (TPSA) is 58.2 Å². The van der Waals surface area contributed by atoms with E-state index in [1.807, 2.05) is 27.7 Å². The van der Waals surface area contributed by atoms with E-state index in [0.717, 1.165) is 0 Å². The van der Waals surface area contributed by atoms with E-state index in [9.17, 15) is 9.59 Å². The summed E-state index contributed by atoms with van der Waals surface area (Å²) in [7, 11) is 0. The molecule has 2 amide bonds. The van der Waals surface area contributed by atoms with Crippen LogP contribution in [0.5, 0.6) is 0 Å². The smallest absolute Gasteiger partial charge is 0.221 e. The Bertz CT molecular complexity index is 282. The Labute approximate surface area is 97.2 Å². The van der Waals surface area contributed by atoms with Crippen molar-refractivity contribution < 1.29 is 9.59 Å². The van der Waals surface area contributed by atoms with Crippen LogP contribution in [0.3, 0.4) is 0 Å². The number of hydrogen-bond acceptors (Lipinski definition) is 2. The molecule has 1 saturated heterocycles. The molecule has 0 saturated carbocycles. The maximum Gasteiger partial charge on any atom is 0.221 e. The number of hydrogen-bond donors (Lipinski definition) is 2. The van der Waals surface area contributed by atoms with Crippen LogP contribution in [0, 0.1) is 5.41 Å². The number of carbonyl (C=O) groups excluding carboxylic acids is 2. The molecule has 1 heterocycles. The summed E-state index contributed by atoms with van der Waals surface area (Å²) < 4.78 is 0. The largest absolute Gasteiger partial charge is 0.354 e. The molecule has 1 aliphatic rings. The summed E-state index contributed by atoms with van der Waals surface area (Å²) in [4.78, 5) is 22.8. The summed E-state index contributed by atoms with van der Waals surface area (Å²) in [5.74, 6) is 0.133. The highest BCUT2D eigenvalue weighted by atomic mass is 16.2. The fourth-order valence-corrected chi connectivity index (χ4v) is 1.83. The van der Waals surface area contributed by atoms with Crippen molar-refractivity contribution in [3.63, 3.8) is 0 Å². The summed E-state index contributed by atoms with van der Waals surface area (Å²) >= 11 is 0. The highest BCUT2D eigenvalue weighted by Gasteiger charge is 2.32. The SMILES string of the molecule is CC(C)(C)CC(=O)NC1(C)CCC(=O)NC1. The second-order valence-electron chi connectivity index (χ2n) is 6.12. The Morgan fingerprint density at radius 2 is 2.12 bits per heavy atom. The summed E-state index contributed by atoms with van der Waals surface area (Å²) in [5.41, 5.74) is -0.283. The average molecular weight is 226 g/mol. The van der Waals surface area contributed by atoms with E-state index in [1.54, 1.807) is 0 Å². The highest BCUT2D eigenvalue weighted by molar-refractivity contribution is 5.80. The normalized spacial score (nSPS) is 26.1. The fourth-order valence-electron chi connectivity index (χ4n) is 1.83. The van der Waals surface area contributed by atoms with Gasteiger partial charge in [0.25, 0.3) is 0 Å². The third kappa shape index (κ3) is 4.21. The van der Waals surface area contributed by atoms with Gasteiger partial charge in [-0.25, -0.2) is 0 Å². The molecule has 0 aliphatic carbocycles. The van der Waals surface area contributed by atoms with Gasteiger partial charge in [0.05, 0.1) is 5.54 Å². The first kappa shape index (κ1) is 13.0. The van der Waals surface area contributed by atoms with Gasteiger partial charge in [0.2, 0.25) is 11.8 Å². The van der Waals surface area contributed by atoms with E-state index >= 15 is 0 Å². The van der Waals surface area contributed by atoms with Gasteiger partial charge in [0.1, 0.15) is 0 Å². The first-order valence-electron chi connectivity index (χ1n) is 5.78. The molecule has 1 aliphatic heterocycles. The Morgan fingerprint density at radius 1 is 1.50 bits per heavy atom. The minimum atomic E-state index is -0.282. The zero-order valence-corrected chi connectivity index (χ0v) is 10.6. The van der Waals surface area contributed by atoms with Gasteiger partial charge in [0.15, 0.2) is 0 Å². The van der Waals surface area contributed by atoms with Gasteiger partial charge in [-0.1, -0.05) is 20.8 Å². The number of rotatable bonds is 2. The van der Waals surface area contributed by atoms with Crippen molar-refractivity contribution in [2.45, 2.75) is 52.5 Å². The van der Waals surface area contributed by atoms with Crippen molar-refractivity contribution in [1.82, 2.24) is 10.6 Å². The number of piperidine rings is 1. The standard InChI is InChI=1S/C12H22N2O2/c1-11(2,3)7-10(16)14-12(4)6-5-9(15)13-8-12/h5-8H2,1-4H3,(H,13,15)(H,14,16). The quantitative estimate of drug-likeness (QED) is 0.743. The summed E-state index contributed by atoms with van der Waals surface area (Å²) in [5, 5.41) is 5.81. The van der Waals surface area contributed by atoms with Gasteiger partial charge >= 0.3 is 0 Å². The lowest BCUT2D eigenvalue weighted by Gasteiger charge is -2.35. The van der Waals surface area contributed by atoms with Crippen molar-refractivity contribution in [1.29, 1.82) is 0 Å². The molecule has 1 rings (SSSR count). The van der Waals surface area contributed by atoms with Gasteiger partial charge < -0.3 is 10.6 Å². The second kappa shape index (κ2) is 4.44. The molecule has 4 nitrogen and oxygen atoms in total. The molecule has 1 unspecified atom stereocenters. The molecule has 0 aromatic carbocycles. The van der Waals surface area contributed by atoms with Crippen LogP contribution in [0.15, 0.2) is 0 Å². The third-order valence-corrected chi connectivity index (χ3v) is 2.71. The van der Waals surface area contributed by atoms with Crippen LogP contribution in [-0.2, 0) is 9.59 Å². The zero-order valence-electron chi connectivity index (χ0n) is 10.6. The molecule has 0 bridgehead atoms. The molecular weight excluding hydrogens is 204 g/mol. The van der Waals surface area contributed by atoms with Crippen molar-refractivity contribution in [2.24, 2.45) is 5.41 Å². The van der Waals surface area contributed by atoms with Crippen LogP contribution in [0.1, 0.15) is 47.0 Å². The van der Waals surface area contributed by atoms with Crippen LogP contribution < -0.4 is 10.6 Å². The van der Waals surface area contributed by atoms with Crippen LogP contribution in [0.4, 0.5) is 0 Å². The Kier molecular flexibility index (Phi) is 3.61. The van der Waals surface area contributed by atoms with Crippen molar-refractivity contribution in [3.05, 3.63) is 0 Å². The van der Waals surface area contributed by atoms with E-state index in [2.05, 4.69) is 10.6 Å². The Balaban J connectivity index is 2.47. The van der Waals surface area contributed by atoms with Crippen LogP contribution >= 0.6 is 0 Å². The highest BCUT2D eigenvalue weighted by Crippen LogP contribution is 2.21. The maximum absolute atomic E-state index is 11.8. The second-order valence-corrected chi connectivity index (χ2v) is 6.12. The van der Waals surface area contributed by atoms with Gasteiger partial charge in [-0.05, 0) is 18.8 Å².